The second-order valence-electron chi connectivity index (χ2n) is 5.13. The van der Waals surface area contributed by atoms with E-state index in [1.165, 1.54) is 0 Å². The van der Waals surface area contributed by atoms with Gasteiger partial charge in [0.1, 0.15) is 5.65 Å². The summed E-state index contributed by atoms with van der Waals surface area (Å²) in [4.78, 5) is 16.1. The highest BCUT2D eigenvalue weighted by Gasteiger charge is 2.20. The van der Waals surface area contributed by atoms with Gasteiger partial charge in [0.25, 0.3) is 0 Å². The van der Waals surface area contributed by atoms with E-state index in [1.807, 2.05) is 55.8 Å². The molecule has 0 bridgehead atoms. The van der Waals surface area contributed by atoms with E-state index in [9.17, 15) is 4.79 Å². The summed E-state index contributed by atoms with van der Waals surface area (Å²) >= 11 is 0. The van der Waals surface area contributed by atoms with Crippen LogP contribution < -0.4 is 5.32 Å². The molecule has 0 aromatic carbocycles. The van der Waals surface area contributed by atoms with Gasteiger partial charge in [0.15, 0.2) is 0 Å². The maximum absolute atomic E-state index is 11.7. The summed E-state index contributed by atoms with van der Waals surface area (Å²) in [5.41, 5.74) is 1.40. The number of nitrogens with zero attached hydrogens (tertiary/aromatic N) is 2. The SMILES string of the molecule is CC(C)(C)C(=O)NCc1cn2ccccc2n1. The van der Waals surface area contributed by atoms with Gasteiger partial charge >= 0.3 is 0 Å². The maximum Gasteiger partial charge on any atom is 0.225 e. The van der Waals surface area contributed by atoms with Crippen molar-refractivity contribution in [3.05, 3.63) is 36.3 Å². The smallest absolute Gasteiger partial charge is 0.225 e. The van der Waals surface area contributed by atoms with Gasteiger partial charge in [0.2, 0.25) is 5.91 Å². The van der Waals surface area contributed by atoms with Crippen LogP contribution in [-0.4, -0.2) is 15.3 Å². The Balaban J connectivity index is 2.07. The summed E-state index contributed by atoms with van der Waals surface area (Å²) in [6.07, 6.45) is 3.87. The zero-order chi connectivity index (χ0) is 12.5. The van der Waals surface area contributed by atoms with Crippen LogP contribution in [0.15, 0.2) is 30.6 Å². The van der Waals surface area contributed by atoms with Crippen LogP contribution >= 0.6 is 0 Å². The molecule has 90 valence electrons. The normalized spacial score (nSPS) is 11.7. The third-order valence-corrected chi connectivity index (χ3v) is 2.53. The number of carbonyl (C=O) groups excluding carboxylic acids is 1. The van der Waals surface area contributed by atoms with E-state index in [0.717, 1.165) is 11.3 Å². The van der Waals surface area contributed by atoms with E-state index in [4.69, 9.17) is 0 Å². The highest BCUT2D eigenvalue weighted by molar-refractivity contribution is 5.81. The van der Waals surface area contributed by atoms with Crippen molar-refractivity contribution in [1.29, 1.82) is 0 Å². The standard InChI is InChI=1S/C13H17N3O/c1-13(2,3)12(17)14-8-10-9-16-7-5-4-6-11(16)15-10/h4-7,9H,8H2,1-3H3,(H,14,17). The van der Waals surface area contributed by atoms with Gasteiger partial charge in [-0.05, 0) is 12.1 Å². The first kappa shape index (κ1) is 11.6. The van der Waals surface area contributed by atoms with Crippen LogP contribution in [0.4, 0.5) is 0 Å². The highest BCUT2D eigenvalue weighted by Crippen LogP contribution is 2.13. The predicted molar refractivity (Wildman–Crippen MR) is 66.5 cm³/mol. The van der Waals surface area contributed by atoms with E-state index in [2.05, 4.69) is 10.3 Å². The molecule has 17 heavy (non-hydrogen) atoms. The lowest BCUT2D eigenvalue weighted by Crippen LogP contribution is -2.34. The van der Waals surface area contributed by atoms with Crippen LogP contribution in [-0.2, 0) is 11.3 Å². The number of amides is 1. The molecule has 4 nitrogen and oxygen atoms in total. The number of aromatic nitrogens is 2. The largest absolute Gasteiger partial charge is 0.350 e. The van der Waals surface area contributed by atoms with Crippen molar-refractivity contribution in [2.45, 2.75) is 27.3 Å². The van der Waals surface area contributed by atoms with Gasteiger partial charge in [-0.25, -0.2) is 4.98 Å². The molecule has 2 aromatic rings. The molecule has 0 aliphatic rings. The number of carbonyl (C=O) groups is 1. The molecule has 2 aromatic heterocycles. The van der Waals surface area contributed by atoms with Crippen molar-refractivity contribution >= 4 is 11.6 Å². The number of fused-ring (bicyclic) bond motifs is 1. The lowest BCUT2D eigenvalue weighted by molar-refractivity contribution is -0.128. The Hall–Kier alpha value is -1.84. The number of hydrogen-bond donors (Lipinski definition) is 1. The highest BCUT2D eigenvalue weighted by atomic mass is 16.2. The first-order valence-corrected chi connectivity index (χ1v) is 5.68. The topological polar surface area (TPSA) is 46.4 Å². The molecule has 1 N–H and O–H groups in total. The Morgan fingerprint density at radius 3 is 2.82 bits per heavy atom. The van der Waals surface area contributed by atoms with Crippen molar-refractivity contribution in [3.63, 3.8) is 0 Å². The van der Waals surface area contributed by atoms with Crippen molar-refractivity contribution in [3.8, 4) is 0 Å². The zero-order valence-corrected chi connectivity index (χ0v) is 10.4. The Bertz CT molecular complexity index is 504. The Morgan fingerprint density at radius 1 is 1.41 bits per heavy atom. The molecule has 2 rings (SSSR count). The number of rotatable bonds is 2. The van der Waals surface area contributed by atoms with Gasteiger partial charge in [-0.2, -0.15) is 0 Å². The minimum absolute atomic E-state index is 0.0366. The summed E-state index contributed by atoms with van der Waals surface area (Å²) in [6, 6.07) is 5.83. The van der Waals surface area contributed by atoms with Crippen molar-refractivity contribution in [1.82, 2.24) is 14.7 Å². The fourth-order valence-electron chi connectivity index (χ4n) is 1.51. The number of nitrogens with one attached hydrogen (secondary N) is 1. The molecule has 0 saturated heterocycles. The minimum Gasteiger partial charge on any atom is -0.350 e. The third-order valence-electron chi connectivity index (χ3n) is 2.53. The average Bonchev–Trinajstić information content (AvgIpc) is 2.66. The molecule has 0 radical (unpaired) electrons. The van der Waals surface area contributed by atoms with Crippen LogP contribution in [0, 0.1) is 5.41 Å². The van der Waals surface area contributed by atoms with E-state index in [1.54, 1.807) is 0 Å². The zero-order valence-electron chi connectivity index (χ0n) is 10.4. The van der Waals surface area contributed by atoms with Crippen LogP contribution in [0.25, 0.3) is 5.65 Å². The molecule has 4 heteroatoms. The van der Waals surface area contributed by atoms with Crippen LogP contribution in [0.2, 0.25) is 0 Å². The van der Waals surface area contributed by atoms with Gasteiger partial charge in [-0.3, -0.25) is 4.79 Å². The molecule has 0 fully saturated rings. The average molecular weight is 231 g/mol. The predicted octanol–water partition coefficient (Wildman–Crippen LogP) is 2.00. The van der Waals surface area contributed by atoms with Crippen molar-refractivity contribution < 1.29 is 4.79 Å². The number of pyridine rings is 1. The molecular weight excluding hydrogens is 214 g/mol. The summed E-state index contributed by atoms with van der Waals surface area (Å²) < 4.78 is 1.94. The third kappa shape index (κ3) is 2.64. The lowest BCUT2D eigenvalue weighted by Gasteiger charge is -2.16. The first-order valence-electron chi connectivity index (χ1n) is 5.68. The fourth-order valence-corrected chi connectivity index (χ4v) is 1.51. The molecule has 0 atom stereocenters. The van der Waals surface area contributed by atoms with Crippen LogP contribution in [0.1, 0.15) is 26.5 Å². The maximum atomic E-state index is 11.7. The summed E-state index contributed by atoms with van der Waals surface area (Å²) in [6.45, 7) is 6.15. The number of hydrogen-bond acceptors (Lipinski definition) is 2. The second-order valence-corrected chi connectivity index (χ2v) is 5.13. The van der Waals surface area contributed by atoms with Crippen LogP contribution in [0.5, 0.6) is 0 Å². The van der Waals surface area contributed by atoms with Gasteiger partial charge in [0, 0.05) is 17.8 Å². The number of imidazole rings is 1. The first-order chi connectivity index (χ1) is 7.97. The second kappa shape index (κ2) is 4.20. The Kier molecular flexibility index (Phi) is 2.88. The molecule has 1 amide bonds. The molecular formula is C13H17N3O. The fraction of sp³-hybridized carbons (Fsp3) is 0.385. The van der Waals surface area contributed by atoms with E-state index < -0.39 is 0 Å². The molecule has 0 unspecified atom stereocenters. The molecule has 0 aliphatic heterocycles. The molecule has 0 aliphatic carbocycles. The molecule has 0 spiro atoms. The van der Waals surface area contributed by atoms with E-state index >= 15 is 0 Å². The molecule has 2 heterocycles. The summed E-state index contributed by atoms with van der Waals surface area (Å²) in [5, 5.41) is 2.89. The van der Waals surface area contributed by atoms with Crippen LogP contribution in [0.3, 0.4) is 0 Å². The van der Waals surface area contributed by atoms with Crippen molar-refractivity contribution in [2.24, 2.45) is 5.41 Å². The Morgan fingerprint density at radius 2 is 2.18 bits per heavy atom. The summed E-state index contributed by atoms with van der Waals surface area (Å²) in [7, 11) is 0. The van der Waals surface area contributed by atoms with Gasteiger partial charge in [0.05, 0.1) is 12.2 Å². The van der Waals surface area contributed by atoms with Gasteiger partial charge < -0.3 is 9.72 Å². The lowest BCUT2D eigenvalue weighted by atomic mass is 9.96. The van der Waals surface area contributed by atoms with Crippen molar-refractivity contribution in [2.75, 3.05) is 0 Å². The minimum atomic E-state index is -0.362. The van der Waals surface area contributed by atoms with E-state index in [0.29, 0.717) is 6.54 Å². The summed E-state index contributed by atoms with van der Waals surface area (Å²) in [5.74, 6) is 0.0366. The molecule has 0 saturated carbocycles. The van der Waals surface area contributed by atoms with Gasteiger partial charge in [-0.1, -0.05) is 26.8 Å². The monoisotopic (exact) mass is 231 g/mol. The van der Waals surface area contributed by atoms with Gasteiger partial charge in [-0.15, -0.1) is 0 Å². The Labute approximate surface area is 101 Å². The van der Waals surface area contributed by atoms with E-state index in [-0.39, 0.29) is 11.3 Å². The quantitative estimate of drug-likeness (QED) is 0.859.